The third-order valence-electron chi connectivity index (χ3n) is 2.33. The maximum absolute atomic E-state index is 10.5. The Bertz CT molecular complexity index is 168. The first-order chi connectivity index (χ1) is 5.68. The minimum atomic E-state index is -2.01. The van der Waals surface area contributed by atoms with Gasteiger partial charge in [0.2, 0.25) is 0 Å². The molecule has 1 fully saturated rings. The summed E-state index contributed by atoms with van der Waals surface area (Å²) in [7, 11) is 1.58. The second kappa shape index (κ2) is 4.32. The normalized spacial score (nSPS) is 25.2. The molecule has 1 saturated heterocycles. The highest BCUT2D eigenvalue weighted by Crippen LogP contribution is 2.22. The van der Waals surface area contributed by atoms with Crippen molar-refractivity contribution in [1.29, 1.82) is 0 Å². The first-order valence-corrected chi connectivity index (χ1v) is 5.25. The smallest absolute Gasteiger partial charge is 0.0806 e. The summed E-state index contributed by atoms with van der Waals surface area (Å²) in [5.74, 6) is 0.116. The summed E-state index contributed by atoms with van der Waals surface area (Å²) in [6.07, 6.45) is 1.55. The van der Waals surface area contributed by atoms with Crippen LogP contribution >= 0.6 is 0 Å². The minimum Gasteiger partial charge on any atom is -0.772 e. The fourth-order valence-electron chi connectivity index (χ4n) is 1.50. The van der Waals surface area contributed by atoms with E-state index in [-0.39, 0.29) is 5.75 Å². The summed E-state index contributed by atoms with van der Waals surface area (Å²) in [4.78, 5) is 0. The second-order valence-corrected chi connectivity index (χ2v) is 3.98. The Kier molecular flexibility index (Phi) is 3.64. The molecular formula is C7H14NO3S-. The summed E-state index contributed by atoms with van der Waals surface area (Å²) in [5, 5.41) is 3.17. The maximum atomic E-state index is 10.5. The van der Waals surface area contributed by atoms with Crippen molar-refractivity contribution in [3.63, 3.8) is 0 Å². The van der Waals surface area contributed by atoms with Crippen molar-refractivity contribution in [3.8, 4) is 0 Å². The van der Waals surface area contributed by atoms with Gasteiger partial charge in [0.15, 0.2) is 0 Å². The van der Waals surface area contributed by atoms with Crippen LogP contribution in [0, 0.1) is 0 Å². The fourth-order valence-corrected chi connectivity index (χ4v) is 2.34. The molecule has 0 aliphatic carbocycles. The molecule has 0 saturated carbocycles. The number of hydrogen-bond donors (Lipinski definition) is 1. The van der Waals surface area contributed by atoms with E-state index < -0.39 is 16.7 Å². The summed E-state index contributed by atoms with van der Waals surface area (Å²) in [6.45, 7) is 1.68. The predicted molar refractivity (Wildman–Crippen MR) is 45.6 cm³/mol. The molecule has 0 aromatic carbocycles. The molecule has 1 unspecified atom stereocenters. The second-order valence-electron chi connectivity index (χ2n) is 3.09. The topological polar surface area (TPSA) is 61.4 Å². The monoisotopic (exact) mass is 192 g/mol. The van der Waals surface area contributed by atoms with Gasteiger partial charge in [0.25, 0.3) is 0 Å². The molecule has 0 radical (unpaired) electrons. The molecular weight excluding hydrogens is 178 g/mol. The van der Waals surface area contributed by atoms with E-state index in [1.807, 2.05) is 0 Å². The van der Waals surface area contributed by atoms with Crippen LogP contribution in [0.15, 0.2) is 0 Å². The number of ether oxygens (including phenoxy) is 1. The predicted octanol–water partition coefficient (Wildman–Crippen LogP) is -0.366. The van der Waals surface area contributed by atoms with E-state index in [1.165, 1.54) is 0 Å². The van der Waals surface area contributed by atoms with Crippen LogP contribution in [0.4, 0.5) is 0 Å². The molecule has 1 aliphatic rings. The molecule has 1 heterocycles. The summed E-state index contributed by atoms with van der Waals surface area (Å²) in [5.41, 5.74) is -0.433. The summed E-state index contributed by atoms with van der Waals surface area (Å²) in [6, 6.07) is 0. The summed E-state index contributed by atoms with van der Waals surface area (Å²) < 4.78 is 26.3. The van der Waals surface area contributed by atoms with Crippen LogP contribution in [-0.4, -0.2) is 40.3 Å². The van der Waals surface area contributed by atoms with Gasteiger partial charge >= 0.3 is 0 Å². The molecule has 72 valence electrons. The van der Waals surface area contributed by atoms with Crippen LogP contribution in [0.2, 0.25) is 0 Å². The van der Waals surface area contributed by atoms with E-state index in [1.54, 1.807) is 7.11 Å². The largest absolute Gasteiger partial charge is 0.772 e. The fraction of sp³-hybridized carbons (Fsp3) is 1.00. The molecule has 0 bridgehead atoms. The Labute approximate surface area is 75.0 Å². The molecule has 1 aliphatic heterocycles. The molecule has 1 atom stereocenters. The van der Waals surface area contributed by atoms with Crippen molar-refractivity contribution in [2.24, 2.45) is 0 Å². The number of rotatable bonds is 3. The highest BCUT2D eigenvalue weighted by Gasteiger charge is 2.31. The zero-order chi connectivity index (χ0) is 9.03. The molecule has 1 rings (SSSR count). The van der Waals surface area contributed by atoms with Crippen LogP contribution < -0.4 is 5.32 Å². The standard InChI is InChI=1S/C7H15NO3S/c1-11-7(6-12(9)10)2-4-8-5-3-7/h8H,2-6H2,1H3,(H,9,10)/p-1. The molecule has 0 spiro atoms. The lowest BCUT2D eigenvalue weighted by molar-refractivity contribution is -0.0151. The van der Waals surface area contributed by atoms with Gasteiger partial charge in [-0.1, -0.05) is 11.1 Å². The number of hydrogen-bond acceptors (Lipinski definition) is 4. The minimum absolute atomic E-state index is 0.116. The van der Waals surface area contributed by atoms with Crippen molar-refractivity contribution < 1.29 is 13.5 Å². The highest BCUT2D eigenvalue weighted by molar-refractivity contribution is 7.79. The summed E-state index contributed by atoms with van der Waals surface area (Å²) >= 11 is -2.01. The number of methoxy groups -OCH3 is 1. The van der Waals surface area contributed by atoms with E-state index in [2.05, 4.69) is 5.32 Å². The lowest BCUT2D eigenvalue weighted by Gasteiger charge is -2.36. The number of nitrogens with one attached hydrogen (secondary N) is 1. The first kappa shape index (κ1) is 10.1. The molecule has 0 aromatic rings. The van der Waals surface area contributed by atoms with E-state index in [9.17, 15) is 8.76 Å². The Morgan fingerprint density at radius 1 is 1.58 bits per heavy atom. The molecule has 5 heteroatoms. The molecule has 12 heavy (non-hydrogen) atoms. The third kappa shape index (κ3) is 2.52. The van der Waals surface area contributed by atoms with Gasteiger partial charge in [-0.2, -0.15) is 0 Å². The Morgan fingerprint density at radius 2 is 2.17 bits per heavy atom. The quantitative estimate of drug-likeness (QED) is 0.620. The van der Waals surface area contributed by atoms with Crippen LogP contribution in [0.5, 0.6) is 0 Å². The molecule has 0 aromatic heterocycles. The highest BCUT2D eigenvalue weighted by atomic mass is 32.2. The zero-order valence-electron chi connectivity index (χ0n) is 7.17. The van der Waals surface area contributed by atoms with Crippen LogP contribution in [0.3, 0.4) is 0 Å². The van der Waals surface area contributed by atoms with Gasteiger partial charge in [-0.3, -0.25) is 4.21 Å². The van der Waals surface area contributed by atoms with E-state index in [0.29, 0.717) is 0 Å². The SMILES string of the molecule is COC1(CS(=O)[O-])CCNCC1. The Hall–Kier alpha value is 0.0300. The lowest BCUT2D eigenvalue weighted by atomic mass is 9.94. The van der Waals surface area contributed by atoms with E-state index >= 15 is 0 Å². The van der Waals surface area contributed by atoms with Gasteiger partial charge in [0.1, 0.15) is 0 Å². The molecule has 4 nitrogen and oxygen atoms in total. The van der Waals surface area contributed by atoms with Crippen molar-refractivity contribution in [1.82, 2.24) is 5.32 Å². The Balaban J connectivity index is 2.53. The Morgan fingerprint density at radius 3 is 2.58 bits per heavy atom. The zero-order valence-corrected chi connectivity index (χ0v) is 7.99. The average Bonchev–Trinajstić information content (AvgIpc) is 2.05. The van der Waals surface area contributed by atoms with Crippen LogP contribution in [0.1, 0.15) is 12.8 Å². The first-order valence-electron chi connectivity index (χ1n) is 4.00. The average molecular weight is 192 g/mol. The van der Waals surface area contributed by atoms with Crippen molar-refractivity contribution >= 4 is 11.1 Å². The molecule has 1 N–H and O–H groups in total. The number of piperidine rings is 1. The maximum Gasteiger partial charge on any atom is 0.0806 e. The van der Waals surface area contributed by atoms with E-state index in [0.717, 1.165) is 25.9 Å². The van der Waals surface area contributed by atoms with Gasteiger partial charge in [0, 0.05) is 12.9 Å². The van der Waals surface area contributed by atoms with Crippen molar-refractivity contribution in [2.75, 3.05) is 26.0 Å². The van der Waals surface area contributed by atoms with Gasteiger partial charge in [0.05, 0.1) is 5.60 Å². The van der Waals surface area contributed by atoms with Gasteiger partial charge < -0.3 is 14.6 Å². The third-order valence-corrected chi connectivity index (χ3v) is 3.09. The van der Waals surface area contributed by atoms with Crippen molar-refractivity contribution in [2.45, 2.75) is 18.4 Å². The lowest BCUT2D eigenvalue weighted by Crippen LogP contribution is -2.47. The molecule has 0 amide bonds. The van der Waals surface area contributed by atoms with Crippen molar-refractivity contribution in [3.05, 3.63) is 0 Å². The van der Waals surface area contributed by atoms with Crippen LogP contribution in [-0.2, 0) is 15.8 Å². The van der Waals surface area contributed by atoms with E-state index in [4.69, 9.17) is 4.74 Å². The van der Waals surface area contributed by atoms with Gasteiger partial charge in [-0.05, 0) is 25.9 Å². The van der Waals surface area contributed by atoms with Gasteiger partial charge in [-0.15, -0.1) is 0 Å². The van der Waals surface area contributed by atoms with Gasteiger partial charge in [-0.25, -0.2) is 0 Å². The van der Waals surface area contributed by atoms with Crippen LogP contribution in [0.25, 0.3) is 0 Å².